The van der Waals surface area contributed by atoms with Gasteiger partial charge in [-0.2, -0.15) is 0 Å². The lowest BCUT2D eigenvalue weighted by atomic mass is 10.1. The van der Waals surface area contributed by atoms with Crippen LogP contribution >= 0.6 is 0 Å². The summed E-state index contributed by atoms with van der Waals surface area (Å²) in [5.74, 6) is 2.17. The van der Waals surface area contributed by atoms with Crippen LogP contribution in [0.25, 0.3) is 6.08 Å². The molecule has 0 amide bonds. The summed E-state index contributed by atoms with van der Waals surface area (Å²) in [7, 11) is 3.28. The highest BCUT2D eigenvalue weighted by atomic mass is 16.5. The van der Waals surface area contributed by atoms with Crippen LogP contribution in [-0.4, -0.2) is 45.1 Å². The second-order valence-corrected chi connectivity index (χ2v) is 6.29. The second kappa shape index (κ2) is 11.3. The molecule has 2 rings (SSSR count). The van der Waals surface area contributed by atoms with Gasteiger partial charge in [0.15, 0.2) is 11.5 Å². The molecular formula is C22H30NO4+. The molecule has 0 saturated carbocycles. The van der Waals surface area contributed by atoms with E-state index in [0.717, 1.165) is 24.3 Å². The van der Waals surface area contributed by atoms with Gasteiger partial charge < -0.3 is 24.6 Å². The molecule has 5 heteroatoms. The Hall–Kier alpha value is -2.50. The van der Waals surface area contributed by atoms with Gasteiger partial charge in [-0.1, -0.05) is 30.4 Å². The first kappa shape index (κ1) is 20.8. The number of aliphatic hydroxyl groups excluding tert-OH is 1. The van der Waals surface area contributed by atoms with E-state index in [2.05, 4.69) is 17.4 Å². The summed E-state index contributed by atoms with van der Waals surface area (Å²) in [5, 5.41) is 12.3. The lowest BCUT2D eigenvalue weighted by Crippen LogP contribution is -2.87. The van der Waals surface area contributed by atoms with Crippen molar-refractivity contribution in [2.75, 3.05) is 33.9 Å². The summed E-state index contributed by atoms with van der Waals surface area (Å²) in [6.07, 6.45) is 4.37. The van der Waals surface area contributed by atoms with Crippen LogP contribution in [0, 0.1) is 0 Å². The van der Waals surface area contributed by atoms with Gasteiger partial charge in [0.25, 0.3) is 0 Å². The Bertz CT molecular complexity index is 713. The standard InChI is InChI=1S/C22H29NO4/c1-4-5-18-8-11-21(22(14-18)26-3)27-16-19(24)15-23-13-12-17-6-9-20(25-2)10-7-17/h4-11,14,19,23-24H,12-13,15-16H2,1-3H3/p+1/b5-4+/t19-/m1/s1. The molecule has 0 bridgehead atoms. The number of rotatable bonds is 11. The molecule has 0 spiro atoms. The SMILES string of the molecule is C/C=C/c1ccc(OC[C@H](O)C[NH2+]CCc2ccc(OC)cc2)c(OC)c1. The van der Waals surface area contributed by atoms with Crippen molar-refractivity contribution in [3.05, 3.63) is 59.7 Å². The first-order valence-electron chi connectivity index (χ1n) is 9.22. The molecule has 0 aliphatic rings. The van der Waals surface area contributed by atoms with Gasteiger partial charge in [-0.05, 0) is 42.3 Å². The van der Waals surface area contributed by atoms with Gasteiger partial charge in [-0.3, -0.25) is 0 Å². The van der Waals surface area contributed by atoms with E-state index in [1.165, 1.54) is 5.56 Å². The third-order valence-corrected chi connectivity index (χ3v) is 4.21. The van der Waals surface area contributed by atoms with E-state index in [9.17, 15) is 5.11 Å². The van der Waals surface area contributed by atoms with Crippen LogP contribution < -0.4 is 19.5 Å². The maximum Gasteiger partial charge on any atom is 0.161 e. The normalized spacial score (nSPS) is 12.1. The van der Waals surface area contributed by atoms with Crippen LogP contribution in [0.15, 0.2) is 48.5 Å². The van der Waals surface area contributed by atoms with E-state index in [-0.39, 0.29) is 6.61 Å². The molecule has 0 unspecified atom stereocenters. The molecule has 1 atom stereocenters. The van der Waals surface area contributed by atoms with Crippen molar-refractivity contribution < 1.29 is 24.6 Å². The number of hydrogen-bond donors (Lipinski definition) is 2. The fourth-order valence-electron chi connectivity index (χ4n) is 2.72. The fraction of sp³-hybridized carbons (Fsp3) is 0.364. The zero-order valence-corrected chi connectivity index (χ0v) is 16.4. The summed E-state index contributed by atoms with van der Waals surface area (Å²) in [6, 6.07) is 13.8. The molecule has 0 heterocycles. The van der Waals surface area contributed by atoms with Crippen LogP contribution in [-0.2, 0) is 6.42 Å². The molecule has 2 aromatic rings. The summed E-state index contributed by atoms with van der Waals surface area (Å²) in [4.78, 5) is 0. The number of nitrogens with two attached hydrogens (primary N) is 1. The van der Waals surface area contributed by atoms with Gasteiger partial charge in [0.1, 0.15) is 25.0 Å². The molecule has 0 fully saturated rings. The molecule has 146 valence electrons. The Balaban J connectivity index is 1.71. The highest BCUT2D eigenvalue weighted by molar-refractivity contribution is 5.55. The van der Waals surface area contributed by atoms with Crippen LogP contribution in [0.2, 0.25) is 0 Å². The second-order valence-electron chi connectivity index (χ2n) is 6.29. The Kier molecular flexibility index (Phi) is 8.68. The Morgan fingerprint density at radius 2 is 1.81 bits per heavy atom. The summed E-state index contributed by atoms with van der Waals surface area (Å²) < 4.78 is 16.3. The first-order valence-corrected chi connectivity index (χ1v) is 9.22. The number of benzene rings is 2. The molecule has 27 heavy (non-hydrogen) atoms. The molecule has 0 aliphatic heterocycles. The maximum absolute atomic E-state index is 10.2. The number of quaternary nitrogens is 1. The van der Waals surface area contributed by atoms with Crippen LogP contribution in [0.3, 0.4) is 0 Å². The maximum atomic E-state index is 10.2. The molecule has 2 aromatic carbocycles. The third kappa shape index (κ3) is 6.96. The molecular weight excluding hydrogens is 342 g/mol. The lowest BCUT2D eigenvalue weighted by molar-refractivity contribution is -0.660. The average molecular weight is 372 g/mol. The molecule has 0 aromatic heterocycles. The quantitative estimate of drug-likeness (QED) is 0.594. The zero-order chi connectivity index (χ0) is 19.5. The van der Waals surface area contributed by atoms with E-state index in [4.69, 9.17) is 14.2 Å². The molecule has 5 nitrogen and oxygen atoms in total. The van der Waals surface area contributed by atoms with Gasteiger partial charge in [-0.15, -0.1) is 0 Å². The van der Waals surface area contributed by atoms with Crippen molar-refractivity contribution in [3.8, 4) is 17.2 Å². The number of aliphatic hydroxyl groups is 1. The monoisotopic (exact) mass is 372 g/mol. The molecule has 0 aliphatic carbocycles. The Morgan fingerprint density at radius 3 is 2.48 bits per heavy atom. The van der Waals surface area contributed by atoms with Crippen molar-refractivity contribution in [2.24, 2.45) is 0 Å². The Morgan fingerprint density at radius 1 is 1.04 bits per heavy atom. The van der Waals surface area contributed by atoms with Gasteiger partial charge in [-0.25, -0.2) is 0 Å². The minimum absolute atomic E-state index is 0.234. The fourth-order valence-corrected chi connectivity index (χ4v) is 2.72. The first-order chi connectivity index (χ1) is 13.2. The molecule has 0 saturated heterocycles. The van der Waals surface area contributed by atoms with Crippen LogP contribution in [0.5, 0.6) is 17.2 Å². The van der Waals surface area contributed by atoms with Gasteiger partial charge >= 0.3 is 0 Å². The number of allylic oxidation sites excluding steroid dienone is 1. The predicted molar refractivity (Wildman–Crippen MR) is 108 cm³/mol. The predicted octanol–water partition coefficient (Wildman–Crippen LogP) is 2.28. The van der Waals surface area contributed by atoms with Gasteiger partial charge in [0.2, 0.25) is 0 Å². The van der Waals surface area contributed by atoms with Crippen molar-refractivity contribution in [1.29, 1.82) is 0 Å². The summed E-state index contributed by atoms with van der Waals surface area (Å²) in [5.41, 5.74) is 2.30. The van der Waals surface area contributed by atoms with Crippen LogP contribution in [0.1, 0.15) is 18.1 Å². The molecule has 3 N–H and O–H groups in total. The smallest absolute Gasteiger partial charge is 0.161 e. The summed E-state index contributed by atoms with van der Waals surface area (Å²) in [6.45, 7) is 3.70. The Labute approximate surface area is 161 Å². The van der Waals surface area contributed by atoms with Crippen molar-refractivity contribution in [3.63, 3.8) is 0 Å². The van der Waals surface area contributed by atoms with E-state index in [1.807, 2.05) is 49.4 Å². The largest absolute Gasteiger partial charge is 0.497 e. The zero-order valence-electron chi connectivity index (χ0n) is 16.4. The lowest BCUT2D eigenvalue weighted by Gasteiger charge is -2.14. The summed E-state index contributed by atoms with van der Waals surface area (Å²) >= 11 is 0. The minimum atomic E-state index is -0.541. The van der Waals surface area contributed by atoms with E-state index in [0.29, 0.717) is 18.0 Å². The van der Waals surface area contributed by atoms with Crippen LogP contribution in [0.4, 0.5) is 0 Å². The van der Waals surface area contributed by atoms with E-state index < -0.39 is 6.10 Å². The van der Waals surface area contributed by atoms with Crippen molar-refractivity contribution >= 4 is 6.08 Å². The topological polar surface area (TPSA) is 64.5 Å². The van der Waals surface area contributed by atoms with Gasteiger partial charge in [0, 0.05) is 6.42 Å². The number of ether oxygens (including phenoxy) is 3. The number of hydrogen-bond acceptors (Lipinski definition) is 4. The highest BCUT2D eigenvalue weighted by Gasteiger charge is 2.10. The highest BCUT2D eigenvalue weighted by Crippen LogP contribution is 2.28. The third-order valence-electron chi connectivity index (χ3n) is 4.21. The van der Waals surface area contributed by atoms with Crippen molar-refractivity contribution in [1.82, 2.24) is 0 Å². The average Bonchev–Trinajstić information content (AvgIpc) is 2.70. The molecule has 0 radical (unpaired) electrons. The van der Waals surface area contributed by atoms with Crippen molar-refractivity contribution in [2.45, 2.75) is 19.4 Å². The minimum Gasteiger partial charge on any atom is -0.497 e. The van der Waals surface area contributed by atoms with Gasteiger partial charge in [0.05, 0.1) is 20.8 Å². The van der Waals surface area contributed by atoms with E-state index in [1.54, 1.807) is 14.2 Å². The van der Waals surface area contributed by atoms with E-state index >= 15 is 0 Å². The number of methoxy groups -OCH3 is 2.